The van der Waals surface area contributed by atoms with Gasteiger partial charge in [-0.15, -0.1) is 0 Å². The Morgan fingerprint density at radius 3 is 3.08 bits per heavy atom. The number of hydrogen-bond acceptors (Lipinski definition) is 1. The lowest BCUT2D eigenvalue weighted by atomic mass is 10.3. The van der Waals surface area contributed by atoms with Crippen molar-refractivity contribution in [2.45, 2.75) is 13.3 Å². The van der Waals surface area contributed by atoms with Crippen molar-refractivity contribution in [3.8, 4) is 0 Å². The summed E-state index contributed by atoms with van der Waals surface area (Å²) < 4.78 is 15.7. The van der Waals surface area contributed by atoms with Crippen LogP contribution in [0.3, 0.4) is 0 Å². The largest absolute Gasteiger partial charge is 0.303 e. The molecule has 0 saturated heterocycles. The van der Waals surface area contributed by atoms with Gasteiger partial charge in [0.2, 0.25) is 0 Å². The highest BCUT2D eigenvalue weighted by Gasteiger charge is 2.10. The first-order valence-electron chi connectivity index (χ1n) is 4.03. The van der Waals surface area contributed by atoms with E-state index in [4.69, 9.17) is 0 Å². The van der Waals surface area contributed by atoms with Crippen molar-refractivity contribution < 1.29 is 4.39 Å². The number of aromatic nitrogens is 2. The van der Waals surface area contributed by atoms with Crippen LogP contribution >= 0.6 is 15.9 Å². The van der Waals surface area contributed by atoms with Crippen LogP contribution < -0.4 is 0 Å². The van der Waals surface area contributed by atoms with Crippen molar-refractivity contribution in [3.05, 3.63) is 34.6 Å². The molecule has 2 rings (SSSR count). The molecule has 2 nitrogen and oxygen atoms in total. The molecule has 0 aliphatic heterocycles. The first kappa shape index (κ1) is 8.69. The fourth-order valence-electron chi connectivity index (χ4n) is 1.34. The van der Waals surface area contributed by atoms with Crippen LogP contribution in [-0.4, -0.2) is 9.38 Å². The lowest BCUT2D eigenvalue weighted by molar-refractivity contribution is 0.625. The number of aryl methyl sites for hydroxylation is 1. The van der Waals surface area contributed by atoms with Gasteiger partial charge in [-0.3, -0.25) is 0 Å². The van der Waals surface area contributed by atoms with Crippen molar-refractivity contribution in [1.82, 2.24) is 9.38 Å². The quantitative estimate of drug-likeness (QED) is 0.752. The average molecular weight is 243 g/mol. The van der Waals surface area contributed by atoms with Crippen molar-refractivity contribution in [1.29, 1.82) is 0 Å². The lowest BCUT2D eigenvalue weighted by Crippen LogP contribution is -1.90. The third kappa shape index (κ3) is 1.25. The van der Waals surface area contributed by atoms with E-state index in [1.54, 1.807) is 23.0 Å². The van der Waals surface area contributed by atoms with E-state index in [1.165, 1.54) is 0 Å². The van der Waals surface area contributed by atoms with Gasteiger partial charge in [0.15, 0.2) is 5.82 Å². The highest BCUT2D eigenvalue weighted by molar-refractivity contribution is 9.10. The topological polar surface area (TPSA) is 17.3 Å². The molecule has 0 aromatic carbocycles. The molecule has 0 fully saturated rings. The van der Waals surface area contributed by atoms with Crippen LogP contribution in [0.15, 0.2) is 23.1 Å². The highest BCUT2D eigenvalue weighted by atomic mass is 79.9. The van der Waals surface area contributed by atoms with Gasteiger partial charge in [0, 0.05) is 6.20 Å². The van der Waals surface area contributed by atoms with Gasteiger partial charge in [-0.2, -0.15) is 0 Å². The number of imidazole rings is 1. The summed E-state index contributed by atoms with van der Waals surface area (Å²) in [6, 6.07) is 1.67. The maximum Gasteiger partial charge on any atom is 0.163 e. The Bertz CT molecular complexity index is 450. The van der Waals surface area contributed by atoms with Gasteiger partial charge in [-0.25, -0.2) is 9.37 Å². The summed E-state index contributed by atoms with van der Waals surface area (Å²) in [6.45, 7) is 1.96. The van der Waals surface area contributed by atoms with Gasteiger partial charge in [0.05, 0.1) is 16.5 Å². The summed E-state index contributed by atoms with van der Waals surface area (Å²) in [5.41, 5.74) is 1.36. The molecule has 0 saturated carbocycles. The summed E-state index contributed by atoms with van der Waals surface area (Å²) in [4.78, 5) is 4.12. The van der Waals surface area contributed by atoms with Crippen molar-refractivity contribution in [2.24, 2.45) is 0 Å². The number of nitrogens with zero attached hydrogens (tertiary/aromatic N) is 2. The molecule has 0 radical (unpaired) electrons. The molecule has 4 heteroatoms. The zero-order valence-electron chi connectivity index (χ0n) is 7.09. The first-order valence-corrected chi connectivity index (χ1v) is 4.83. The van der Waals surface area contributed by atoms with Crippen LogP contribution in [-0.2, 0) is 6.42 Å². The summed E-state index contributed by atoms with van der Waals surface area (Å²) in [5.74, 6) is -0.239. The maximum atomic E-state index is 13.6. The number of fused-ring (bicyclic) bond motifs is 1. The molecule has 13 heavy (non-hydrogen) atoms. The second-order valence-corrected chi connectivity index (χ2v) is 3.63. The van der Waals surface area contributed by atoms with E-state index in [1.807, 2.05) is 6.92 Å². The maximum absolute atomic E-state index is 13.6. The molecule has 0 amide bonds. The van der Waals surface area contributed by atoms with Crippen molar-refractivity contribution in [2.75, 3.05) is 0 Å². The van der Waals surface area contributed by atoms with E-state index in [9.17, 15) is 4.39 Å². The monoisotopic (exact) mass is 242 g/mol. The van der Waals surface area contributed by atoms with E-state index in [-0.39, 0.29) is 5.82 Å². The third-order valence-corrected chi connectivity index (χ3v) is 2.62. The predicted octanol–water partition coefficient (Wildman–Crippen LogP) is 2.80. The second-order valence-electron chi connectivity index (χ2n) is 2.78. The van der Waals surface area contributed by atoms with Crippen molar-refractivity contribution in [3.63, 3.8) is 0 Å². The van der Waals surface area contributed by atoms with Gasteiger partial charge in [-0.1, -0.05) is 6.92 Å². The van der Waals surface area contributed by atoms with Gasteiger partial charge in [0.25, 0.3) is 0 Å². The summed E-state index contributed by atoms with van der Waals surface area (Å²) in [7, 11) is 0. The van der Waals surface area contributed by atoms with Gasteiger partial charge in [-0.05, 0) is 28.4 Å². The Hall–Kier alpha value is -0.900. The molecule has 0 aliphatic rings. The SMILES string of the molecule is CCc1ncn2ccc(Br)c(F)c12. The zero-order chi connectivity index (χ0) is 9.42. The van der Waals surface area contributed by atoms with Gasteiger partial charge in [0.1, 0.15) is 5.52 Å². The lowest BCUT2D eigenvalue weighted by Gasteiger charge is -1.99. The average Bonchev–Trinajstić information content (AvgIpc) is 2.55. The van der Waals surface area contributed by atoms with Gasteiger partial charge >= 0.3 is 0 Å². The highest BCUT2D eigenvalue weighted by Crippen LogP contribution is 2.22. The van der Waals surface area contributed by atoms with E-state index >= 15 is 0 Å². The molecule has 0 spiro atoms. The molecule has 2 heterocycles. The minimum absolute atomic E-state index is 0.239. The molecular formula is C9H8BrFN2. The molecule has 0 bridgehead atoms. The third-order valence-electron chi connectivity index (χ3n) is 2.00. The van der Waals surface area contributed by atoms with E-state index in [0.29, 0.717) is 9.99 Å². The Morgan fingerprint density at radius 2 is 2.38 bits per heavy atom. The van der Waals surface area contributed by atoms with E-state index in [0.717, 1.165) is 12.1 Å². The summed E-state index contributed by atoms with van der Waals surface area (Å²) >= 11 is 3.15. The predicted molar refractivity (Wildman–Crippen MR) is 52.2 cm³/mol. The van der Waals surface area contributed by atoms with Crippen LogP contribution in [0.5, 0.6) is 0 Å². The standard InChI is InChI=1S/C9H8BrFN2/c1-2-7-9-8(11)6(10)3-4-13(9)5-12-7/h3-5H,2H2,1H3. The smallest absolute Gasteiger partial charge is 0.163 e. The molecule has 2 aromatic heterocycles. The Labute approximate surface area is 83.5 Å². The van der Waals surface area contributed by atoms with Crippen molar-refractivity contribution >= 4 is 21.4 Å². The molecule has 0 N–H and O–H groups in total. The molecule has 0 atom stereocenters. The molecule has 0 unspecified atom stereocenters. The van der Waals surface area contributed by atoms with Crippen LogP contribution in [0.25, 0.3) is 5.52 Å². The minimum atomic E-state index is -0.239. The van der Waals surface area contributed by atoms with E-state index in [2.05, 4.69) is 20.9 Å². The normalized spacial score (nSPS) is 11.0. The summed E-state index contributed by atoms with van der Waals surface area (Å²) in [5, 5.41) is 0. The Balaban J connectivity index is 2.85. The fourth-order valence-corrected chi connectivity index (χ4v) is 1.65. The Kier molecular flexibility index (Phi) is 2.07. The molecule has 0 aliphatic carbocycles. The summed E-state index contributed by atoms with van der Waals surface area (Å²) in [6.07, 6.45) is 4.15. The van der Waals surface area contributed by atoms with E-state index < -0.39 is 0 Å². The number of hydrogen-bond donors (Lipinski definition) is 0. The van der Waals surface area contributed by atoms with Crippen LogP contribution in [0.4, 0.5) is 4.39 Å². The van der Waals surface area contributed by atoms with Crippen LogP contribution in [0.1, 0.15) is 12.6 Å². The number of pyridine rings is 1. The molecule has 68 valence electrons. The minimum Gasteiger partial charge on any atom is -0.303 e. The zero-order valence-corrected chi connectivity index (χ0v) is 8.68. The number of rotatable bonds is 1. The van der Waals surface area contributed by atoms with Gasteiger partial charge < -0.3 is 4.40 Å². The van der Waals surface area contributed by atoms with Crippen LogP contribution in [0, 0.1) is 5.82 Å². The van der Waals surface area contributed by atoms with Crippen LogP contribution in [0.2, 0.25) is 0 Å². The second kappa shape index (κ2) is 3.10. The fraction of sp³-hybridized carbons (Fsp3) is 0.222. The first-order chi connectivity index (χ1) is 6.24. The molecule has 2 aromatic rings. The number of halogens is 2. The Morgan fingerprint density at radius 1 is 1.62 bits per heavy atom. The molecular weight excluding hydrogens is 235 g/mol.